The number of amides is 1. The summed E-state index contributed by atoms with van der Waals surface area (Å²) in [5.41, 5.74) is 3.09. The predicted molar refractivity (Wildman–Crippen MR) is 155 cm³/mol. The van der Waals surface area contributed by atoms with E-state index in [1.165, 1.54) is 12.1 Å². The van der Waals surface area contributed by atoms with E-state index in [1.54, 1.807) is 19.2 Å². The van der Waals surface area contributed by atoms with Crippen molar-refractivity contribution in [2.45, 2.75) is 49.7 Å². The van der Waals surface area contributed by atoms with Crippen molar-refractivity contribution in [3.8, 4) is 17.1 Å². The number of carbonyl (C=O) groups excluding carboxylic acids is 1. The molecule has 1 amide bonds. The van der Waals surface area contributed by atoms with Crippen LogP contribution < -0.4 is 15.0 Å². The van der Waals surface area contributed by atoms with Gasteiger partial charge < -0.3 is 19.7 Å². The van der Waals surface area contributed by atoms with Crippen molar-refractivity contribution in [3.63, 3.8) is 0 Å². The van der Waals surface area contributed by atoms with Gasteiger partial charge in [-0.05, 0) is 69.3 Å². The minimum atomic E-state index is -3.55. The molecule has 0 spiro atoms. The third kappa shape index (κ3) is 5.47. The van der Waals surface area contributed by atoms with Gasteiger partial charge in [-0.3, -0.25) is 9.78 Å². The van der Waals surface area contributed by atoms with Gasteiger partial charge in [0, 0.05) is 30.2 Å². The van der Waals surface area contributed by atoms with Crippen molar-refractivity contribution in [2.24, 2.45) is 0 Å². The number of benzene rings is 1. The lowest BCUT2D eigenvalue weighted by Crippen LogP contribution is -2.45. The number of hydrogen-bond donors (Lipinski definition) is 1. The van der Waals surface area contributed by atoms with Crippen LogP contribution in [-0.4, -0.2) is 66.4 Å². The van der Waals surface area contributed by atoms with Crippen LogP contribution in [0.15, 0.2) is 65.7 Å². The summed E-state index contributed by atoms with van der Waals surface area (Å²) in [5, 5.41) is 3.03. The van der Waals surface area contributed by atoms with Crippen molar-refractivity contribution in [2.75, 3.05) is 24.6 Å². The molecule has 0 aliphatic carbocycles. The maximum atomic E-state index is 12.9. The van der Waals surface area contributed by atoms with Gasteiger partial charge in [0.2, 0.25) is 0 Å². The number of aromatic nitrogens is 3. The van der Waals surface area contributed by atoms with Crippen molar-refractivity contribution in [3.05, 3.63) is 72.1 Å². The predicted octanol–water partition coefficient (Wildman–Crippen LogP) is 3.79. The molecule has 11 heteroatoms. The molecule has 212 valence electrons. The summed E-state index contributed by atoms with van der Waals surface area (Å²) < 4.78 is 36.8. The van der Waals surface area contributed by atoms with Crippen LogP contribution in [-0.2, 0) is 21.1 Å². The maximum Gasteiger partial charge on any atom is 0.251 e. The molecule has 0 radical (unpaired) electrons. The maximum absolute atomic E-state index is 12.9. The average molecular weight is 574 g/mol. The molecule has 6 rings (SSSR count). The van der Waals surface area contributed by atoms with Gasteiger partial charge in [0.15, 0.2) is 9.84 Å². The second kappa shape index (κ2) is 10.7. The molecule has 4 aromatic rings. The lowest BCUT2D eigenvalue weighted by atomic mass is 10.1. The number of morpholine rings is 1. The summed E-state index contributed by atoms with van der Waals surface area (Å²) in [6, 6.07) is 16.1. The Balaban J connectivity index is 1.19. The Morgan fingerprint density at radius 1 is 1.00 bits per heavy atom. The molecule has 10 nitrogen and oxygen atoms in total. The summed E-state index contributed by atoms with van der Waals surface area (Å²) in [6.07, 6.45) is 1.98. The van der Waals surface area contributed by atoms with Crippen LogP contribution >= 0.6 is 0 Å². The molecular weight excluding hydrogens is 542 g/mol. The van der Waals surface area contributed by atoms with Gasteiger partial charge in [0.05, 0.1) is 46.6 Å². The number of nitrogens with zero attached hydrogens (tertiary/aromatic N) is 4. The molecule has 41 heavy (non-hydrogen) atoms. The Hall–Kier alpha value is -4.09. The van der Waals surface area contributed by atoms with Crippen molar-refractivity contribution < 1.29 is 22.7 Å². The Morgan fingerprint density at radius 3 is 2.59 bits per heavy atom. The summed E-state index contributed by atoms with van der Waals surface area (Å²) >= 11 is 0. The van der Waals surface area contributed by atoms with Crippen molar-refractivity contribution in [1.29, 1.82) is 0 Å². The molecular formula is C30H31N5O5S. The van der Waals surface area contributed by atoms with Crippen LogP contribution in [0.3, 0.4) is 0 Å². The number of sulfone groups is 1. The number of pyridine rings is 3. The van der Waals surface area contributed by atoms with Crippen LogP contribution in [0.25, 0.3) is 22.3 Å². The molecule has 5 heterocycles. The third-order valence-corrected chi connectivity index (χ3v) is 9.44. The largest absolute Gasteiger partial charge is 0.491 e. The first kappa shape index (κ1) is 27.1. The zero-order valence-corrected chi connectivity index (χ0v) is 23.9. The molecule has 0 bridgehead atoms. The van der Waals surface area contributed by atoms with E-state index in [2.05, 4.69) is 29.0 Å². The van der Waals surface area contributed by atoms with Gasteiger partial charge in [0.25, 0.3) is 5.91 Å². The average Bonchev–Trinajstić information content (AvgIpc) is 2.97. The lowest BCUT2D eigenvalue weighted by molar-refractivity contribution is -0.00545. The van der Waals surface area contributed by atoms with E-state index in [0.717, 1.165) is 41.2 Å². The van der Waals surface area contributed by atoms with E-state index in [4.69, 9.17) is 19.4 Å². The summed E-state index contributed by atoms with van der Waals surface area (Å²) in [6.45, 7) is 7.53. The molecule has 1 N–H and O–H groups in total. The zero-order valence-electron chi connectivity index (χ0n) is 23.1. The molecule has 1 saturated heterocycles. The smallest absolute Gasteiger partial charge is 0.251 e. The normalized spacial score (nSPS) is 21.6. The first-order valence-electron chi connectivity index (χ1n) is 13.6. The van der Waals surface area contributed by atoms with E-state index < -0.39 is 21.0 Å². The van der Waals surface area contributed by atoms with Gasteiger partial charge in [-0.1, -0.05) is 6.07 Å². The standard InChI is InChI=1S/C30H31N5O5S/c1-18-15-35(16-19(2)40-18)29-6-4-5-24(34-29)25-9-7-22-13-31-23(12-26(22)33-25)14-32-30(36)21-8-10-27-28(11-21)41(37,38)20(3)17-39-27/h4-13,18-20H,14-17H2,1-3H3,(H,32,36)/t18-,19+,20-/m1/s1. The molecule has 3 aromatic heterocycles. The number of nitrogens with one attached hydrogen (secondary N) is 1. The monoisotopic (exact) mass is 573 g/mol. The van der Waals surface area contributed by atoms with Gasteiger partial charge >= 0.3 is 0 Å². The summed E-state index contributed by atoms with van der Waals surface area (Å²) in [7, 11) is -3.55. The number of rotatable bonds is 5. The second-order valence-electron chi connectivity index (χ2n) is 10.6. The minimum Gasteiger partial charge on any atom is -0.491 e. The van der Waals surface area contributed by atoms with Gasteiger partial charge in [-0.2, -0.15) is 0 Å². The van der Waals surface area contributed by atoms with E-state index >= 15 is 0 Å². The first-order valence-corrected chi connectivity index (χ1v) is 15.1. The molecule has 1 fully saturated rings. The lowest BCUT2D eigenvalue weighted by Gasteiger charge is -2.36. The van der Waals surface area contributed by atoms with Gasteiger partial charge in [-0.25, -0.2) is 18.4 Å². The van der Waals surface area contributed by atoms with Crippen LogP contribution in [0, 0.1) is 0 Å². The highest BCUT2D eigenvalue weighted by Gasteiger charge is 2.32. The fourth-order valence-corrected chi connectivity index (χ4v) is 6.56. The van der Waals surface area contributed by atoms with Gasteiger partial charge in [0.1, 0.15) is 23.1 Å². The zero-order chi connectivity index (χ0) is 28.7. The molecule has 0 saturated carbocycles. The number of carbonyl (C=O) groups is 1. The highest BCUT2D eigenvalue weighted by Crippen LogP contribution is 2.32. The number of anilines is 1. The van der Waals surface area contributed by atoms with Crippen molar-refractivity contribution >= 4 is 32.5 Å². The Kier molecular flexibility index (Phi) is 7.08. The third-order valence-electron chi connectivity index (χ3n) is 7.32. The van der Waals surface area contributed by atoms with Crippen LogP contribution in [0.2, 0.25) is 0 Å². The van der Waals surface area contributed by atoms with E-state index in [1.807, 2.05) is 36.4 Å². The molecule has 2 aliphatic rings. The fourth-order valence-electron chi connectivity index (χ4n) is 5.18. The topological polar surface area (TPSA) is 124 Å². The number of hydrogen-bond acceptors (Lipinski definition) is 9. The van der Waals surface area contributed by atoms with Crippen molar-refractivity contribution in [1.82, 2.24) is 20.3 Å². The second-order valence-corrected chi connectivity index (χ2v) is 13.0. The minimum absolute atomic E-state index is 0.0415. The number of fused-ring (bicyclic) bond motifs is 2. The van der Waals surface area contributed by atoms with Crippen LogP contribution in [0.5, 0.6) is 5.75 Å². The van der Waals surface area contributed by atoms with Crippen LogP contribution in [0.1, 0.15) is 36.8 Å². The number of ether oxygens (including phenoxy) is 2. The first-order chi connectivity index (χ1) is 19.7. The van der Waals surface area contributed by atoms with Crippen LogP contribution in [0.4, 0.5) is 5.82 Å². The molecule has 0 unspecified atom stereocenters. The van der Waals surface area contributed by atoms with E-state index in [-0.39, 0.29) is 41.6 Å². The molecule has 1 aromatic carbocycles. The highest BCUT2D eigenvalue weighted by molar-refractivity contribution is 7.92. The van der Waals surface area contributed by atoms with E-state index in [0.29, 0.717) is 5.69 Å². The van der Waals surface area contributed by atoms with Gasteiger partial charge in [-0.15, -0.1) is 0 Å². The summed E-state index contributed by atoms with van der Waals surface area (Å²) in [5.74, 6) is 0.755. The fraction of sp³-hybridized carbons (Fsp3) is 0.333. The molecule has 3 atom stereocenters. The highest BCUT2D eigenvalue weighted by atomic mass is 32.2. The Bertz CT molecular complexity index is 1730. The Morgan fingerprint density at radius 2 is 1.78 bits per heavy atom. The SMILES string of the molecule is C[C@@H]1CN(c2cccc(-c3ccc4cnc(CNC(=O)c5ccc6c(c5)S(=O)(=O)[C@H](C)CO6)cc4n3)n2)C[C@H](C)O1. The quantitative estimate of drug-likeness (QED) is 0.380. The van der Waals surface area contributed by atoms with E-state index in [9.17, 15) is 13.2 Å². The molecule has 2 aliphatic heterocycles. The summed E-state index contributed by atoms with van der Waals surface area (Å²) in [4.78, 5) is 29.4. The Labute approximate surface area is 238 Å².